The zero-order chi connectivity index (χ0) is 18.7. The second-order valence-electron chi connectivity index (χ2n) is 6.39. The lowest BCUT2D eigenvalue weighted by Crippen LogP contribution is -2.27. The molecule has 1 aromatic carbocycles. The summed E-state index contributed by atoms with van der Waals surface area (Å²) < 4.78 is 5.53. The molecular formula is C19H20ClN3O3. The minimum absolute atomic E-state index is 0.0156. The van der Waals surface area contributed by atoms with Crippen molar-refractivity contribution >= 4 is 23.2 Å². The zero-order valence-corrected chi connectivity index (χ0v) is 15.5. The molecule has 0 bridgehead atoms. The van der Waals surface area contributed by atoms with Gasteiger partial charge in [0.2, 0.25) is 23.2 Å². The molecule has 136 valence electrons. The van der Waals surface area contributed by atoms with E-state index in [1.165, 1.54) is 6.08 Å². The van der Waals surface area contributed by atoms with Crippen molar-refractivity contribution in [3.8, 4) is 11.5 Å². The van der Waals surface area contributed by atoms with Crippen LogP contribution < -0.4 is 5.32 Å². The number of ketones is 2. The van der Waals surface area contributed by atoms with Gasteiger partial charge in [0.25, 0.3) is 0 Å². The van der Waals surface area contributed by atoms with Gasteiger partial charge in [0.05, 0.1) is 5.70 Å². The fourth-order valence-corrected chi connectivity index (χ4v) is 2.78. The number of aromatic nitrogens is 1. The number of rotatable bonds is 7. The molecular weight excluding hydrogens is 354 g/mol. The van der Waals surface area contributed by atoms with Crippen molar-refractivity contribution in [2.24, 2.45) is 0 Å². The number of fused-ring (bicyclic) bond motifs is 1. The molecule has 0 spiro atoms. The van der Waals surface area contributed by atoms with E-state index >= 15 is 0 Å². The Morgan fingerprint density at radius 2 is 1.88 bits per heavy atom. The SMILES string of the molecule is CN(C)CCCCNC1=CC(=O)c2oc(-c3ccc(Cl)cc3)nc2C1=O. The molecule has 0 atom stereocenters. The monoisotopic (exact) mass is 373 g/mol. The molecule has 0 radical (unpaired) electrons. The number of unbranched alkanes of at least 4 members (excludes halogenated alkanes) is 1. The van der Waals surface area contributed by atoms with E-state index in [0.717, 1.165) is 19.4 Å². The maximum Gasteiger partial charge on any atom is 0.231 e. The molecule has 1 heterocycles. The topological polar surface area (TPSA) is 75.4 Å². The number of nitrogens with zero attached hydrogens (tertiary/aromatic N) is 2. The van der Waals surface area contributed by atoms with Gasteiger partial charge in [-0.3, -0.25) is 9.59 Å². The Hall–Kier alpha value is -2.44. The summed E-state index contributed by atoms with van der Waals surface area (Å²) in [4.78, 5) is 31.2. The quantitative estimate of drug-likeness (QED) is 0.751. The van der Waals surface area contributed by atoms with Gasteiger partial charge in [-0.2, -0.15) is 0 Å². The third-order valence-corrected chi connectivity index (χ3v) is 4.28. The van der Waals surface area contributed by atoms with Gasteiger partial charge in [-0.25, -0.2) is 4.98 Å². The molecule has 0 saturated heterocycles. The first-order valence-electron chi connectivity index (χ1n) is 8.42. The first-order valence-corrected chi connectivity index (χ1v) is 8.79. The molecule has 0 amide bonds. The number of Topliss-reactive ketones (excluding diaryl/α,β-unsaturated/α-hetero) is 1. The molecule has 2 aromatic rings. The highest BCUT2D eigenvalue weighted by molar-refractivity contribution is 6.30. The largest absolute Gasteiger partial charge is 0.432 e. The van der Waals surface area contributed by atoms with Crippen LogP contribution in [0.1, 0.15) is 33.9 Å². The Balaban J connectivity index is 1.71. The third-order valence-electron chi connectivity index (χ3n) is 4.02. The first kappa shape index (κ1) is 18.4. The van der Waals surface area contributed by atoms with E-state index in [1.54, 1.807) is 24.3 Å². The van der Waals surface area contributed by atoms with Crippen molar-refractivity contribution < 1.29 is 14.0 Å². The standard InChI is InChI=1S/C19H20ClN3O3/c1-23(2)10-4-3-9-21-14-11-15(24)18-16(17(14)25)22-19(26-18)12-5-7-13(20)8-6-12/h5-8,11,21H,3-4,9-10H2,1-2H3. The lowest BCUT2D eigenvalue weighted by Gasteiger charge is -2.13. The highest BCUT2D eigenvalue weighted by Crippen LogP contribution is 2.27. The summed E-state index contributed by atoms with van der Waals surface area (Å²) in [5.41, 5.74) is 0.976. The zero-order valence-electron chi connectivity index (χ0n) is 14.7. The lowest BCUT2D eigenvalue weighted by molar-refractivity contribution is 0.0960. The van der Waals surface area contributed by atoms with E-state index in [-0.39, 0.29) is 34.6 Å². The molecule has 1 aliphatic rings. The van der Waals surface area contributed by atoms with Crippen LogP contribution in [-0.2, 0) is 0 Å². The van der Waals surface area contributed by atoms with Crippen LogP contribution in [0.5, 0.6) is 0 Å². The van der Waals surface area contributed by atoms with Gasteiger partial charge in [0.1, 0.15) is 0 Å². The van der Waals surface area contributed by atoms with Gasteiger partial charge >= 0.3 is 0 Å². The summed E-state index contributed by atoms with van der Waals surface area (Å²) in [6.07, 6.45) is 3.19. The molecule has 7 heteroatoms. The van der Waals surface area contributed by atoms with Gasteiger partial charge in [0.15, 0.2) is 5.69 Å². The smallest absolute Gasteiger partial charge is 0.231 e. The van der Waals surface area contributed by atoms with Crippen LogP contribution in [0.2, 0.25) is 5.02 Å². The van der Waals surface area contributed by atoms with Crippen LogP contribution in [0, 0.1) is 0 Å². The lowest BCUT2D eigenvalue weighted by atomic mass is 10.0. The van der Waals surface area contributed by atoms with E-state index < -0.39 is 0 Å². The summed E-state index contributed by atoms with van der Waals surface area (Å²) in [6.45, 7) is 1.60. The van der Waals surface area contributed by atoms with Crippen molar-refractivity contribution in [2.45, 2.75) is 12.8 Å². The van der Waals surface area contributed by atoms with E-state index in [2.05, 4.69) is 15.2 Å². The average Bonchev–Trinajstić information content (AvgIpc) is 3.05. The summed E-state index contributed by atoms with van der Waals surface area (Å²) in [5.74, 6) is -0.466. The van der Waals surface area contributed by atoms with Crippen LogP contribution in [0.15, 0.2) is 40.5 Å². The average molecular weight is 374 g/mol. The Kier molecular flexibility index (Phi) is 5.54. The number of carbonyl (C=O) groups is 2. The molecule has 0 saturated carbocycles. The number of oxazole rings is 1. The van der Waals surface area contributed by atoms with E-state index in [9.17, 15) is 9.59 Å². The minimum Gasteiger partial charge on any atom is -0.432 e. The van der Waals surface area contributed by atoms with E-state index in [0.29, 0.717) is 17.1 Å². The fourth-order valence-electron chi connectivity index (χ4n) is 2.65. The van der Waals surface area contributed by atoms with Gasteiger partial charge in [0, 0.05) is 23.2 Å². The second kappa shape index (κ2) is 7.85. The van der Waals surface area contributed by atoms with E-state index in [4.69, 9.17) is 16.0 Å². The van der Waals surface area contributed by atoms with Crippen molar-refractivity contribution in [1.82, 2.24) is 15.2 Å². The number of hydrogen-bond donors (Lipinski definition) is 1. The number of allylic oxidation sites excluding steroid dienone is 2. The van der Waals surface area contributed by atoms with Gasteiger partial charge < -0.3 is 14.6 Å². The molecule has 1 aliphatic carbocycles. The van der Waals surface area contributed by atoms with E-state index in [1.807, 2.05) is 14.1 Å². The number of benzene rings is 1. The molecule has 1 aromatic heterocycles. The molecule has 6 nitrogen and oxygen atoms in total. The number of carbonyl (C=O) groups excluding carboxylic acids is 2. The van der Waals surface area contributed by atoms with Crippen molar-refractivity contribution in [3.05, 3.63) is 52.5 Å². The molecule has 3 rings (SSSR count). The maximum absolute atomic E-state index is 12.6. The Morgan fingerprint density at radius 3 is 2.58 bits per heavy atom. The summed E-state index contributed by atoms with van der Waals surface area (Å²) >= 11 is 5.88. The minimum atomic E-state index is -0.358. The molecule has 0 aliphatic heterocycles. The molecule has 1 N–H and O–H groups in total. The molecule has 26 heavy (non-hydrogen) atoms. The Bertz CT molecular complexity index is 853. The highest BCUT2D eigenvalue weighted by atomic mass is 35.5. The first-order chi connectivity index (χ1) is 12.5. The van der Waals surface area contributed by atoms with Gasteiger partial charge in [-0.05, 0) is 57.7 Å². The van der Waals surface area contributed by atoms with Crippen molar-refractivity contribution in [2.75, 3.05) is 27.2 Å². The van der Waals surface area contributed by atoms with Crippen LogP contribution in [0.4, 0.5) is 0 Å². The molecule has 0 fully saturated rings. The Labute approximate surface area is 156 Å². The van der Waals surface area contributed by atoms with Gasteiger partial charge in [-0.1, -0.05) is 11.6 Å². The summed E-state index contributed by atoms with van der Waals surface area (Å²) in [5, 5.41) is 3.63. The summed E-state index contributed by atoms with van der Waals surface area (Å²) in [6, 6.07) is 6.85. The number of nitrogens with one attached hydrogen (secondary N) is 1. The van der Waals surface area contributed by atoms with Crippen LogP contribution in [0.25, 0.3) is 11.5 Å². The summed E-state index contributed by atoms with van der Waals surface area (Å²) in [7, 11) is 4.04. The van der Waals surface area contributed by atoms with Gasteiger partial charge in [-0.15, -0.1) is 0 Å². The molecule has 0 unspecified atom stereocenters. The second-order valence-corrected chi connectivity index (χ2v) is 6.83. The van der Waals surface area contributed by atoms with Crippen LogP contribution in [0.3, 0.4) is 0 Å². The Morgan fingerprint density at radius 1 is 1.15 bits per heavy atom. The number of halogens is 1. The predicted molar refractivity (Wildman–Crippen MR) is 99.5 cm³/mol. The third kappa shape index (κ3) is 4.03. The predicted octanol–water partition coefficient (Wildman–Crippen LogP) is 3.19. The highest BCUT2D eigenvalue weighted by Gasteiger charge is 2.32. The normalized spacial score (nSPS) is 13.8. The van der Waals surface area contributed by atoms with Crippen molar-refractivity contribution in [3.63, 3.8) is 0 Å². The van der Waals surface area contributed by atoms with Crippen molar-refractivity contribution in [1.29, 1.82) is 0 Å². The fraction of sp³-hybridized carbons (Fsp3) is 0.316. The van der Waals surface area contributed by atoms with Crippen LogP contribution >= 0.6 is 11.6 Å². The van der Waals surface area contributed by atoms with Crippen LogP contribution in [-0.4, -0.2) is 48.6 Å². The maximum atomic E-state index is 12.6. The number of hydrogen-bond acceptors (Lipinski definition) is 6.